The van der Waals surface area contributed by atoms with Gasteiger partial charge in [0.15, 0.2) is 0 Å². The molecule has 1 unspecified atom stereocenters. The van der Waals surface area contributed by atoms with Crippen LogP contribution in [0.1, 0.15) is 27.7 Å². The summed E-state index contributed by atoms with van der Waals surface area (Å²) in [5.41, 5.74) is -0.428. The Hall–Kier alpha value is -0.990. The molecule has 0 aromatic rings. The van der Waals surface area contributed by atoms with Crippen molar-refractivity contribution >= 4 is 6.09 Å². The molecule has 1 atom stereocenters. The quantitative estimate of drug-likeness (QED) is 0.654. The highest BCUT2D eigenvalue weighted by atomic mass is 16.6. The van der Waals surface area contributed by atoms with Crippen LogP contribution >= 0.6 is 0 Å². The maximum atomic E-state index is 11.5. The van der Waals surface area contributed by atoms with Gasteiger partial charge in [-0.3, -0.25) is 0 Å². The van der Waals surface area contributed by atoms with Gasteiger partial charge < -0.3 is 9.64 Å². The molecule has 3 nitrogen and oxygen atoms in total. The van der Waals surface area contributed by atoms with Crippen LogP contribution < -0.4 is 0 Å². The molecule has 0 aliphatic rings. The van der Waals surface area contributed by atoms with Gasteiger partial charge in [0.2, 0.25) is 0 Å². The van der Waals surface area contributed by atoms with Crippen LogP contribution in [0.4, 0.5) is 4.79 Å². The molecule has 0 heterocycles. The summed E-state index contributed by atoms with van der Waals surface area (Å²) in [5.74, 6) is 0.285. The Kier molecular flexibility index (Phi) is 4.68. The number of rotatable bonds is 3. The molecule has 1 amide bonds. The van der Waals surface area contributed by atoms with Gasteiger partial charge in [0.1, 0.15) is 5.60 Å². The normalized spacial score (nSPS) is 13.2. The van der Waals surface area contributed by atoms with E-state index in [1.165, 1.54) is 0 Å². The van der Waals surface area contributed by atoms with Crippen molar-refractivity contribution in [1.82, 2.24) is 4.90 Å². The van der Waals surface area contributed by atoms with Crippen molar-refractivity contribution in [1.29, 1.82) is 0 Å². The van der Waals surface area contributed by atoms with Gasteiger partial charge in [0.05, 0.1) is 0 Å². The van der Waals surface area contributed by atoms with Crippen molar-refractivity contribution in [2.24, 2.45) is 5.92 Å². The summed E-state index contributed by atoms with van der Waals surface area (Å²) >= 11 is 0. The number of carbonyl (C=O) groups is 1. The van der Waals surface area contributed by atoms with E-state index in [1.54, 1.807) is 11.9 Å². The fraction of sp³-hybridized carbons (Fsp3) is 0.727. The summed E-state index contributed by atoms with van der Waals surface area (Å²) in [6, 6.07) is 0. The van der Waals surface area contributed by atoms with Gasteiger partial charge in [0, 0.05) is 13.6 Å². The van der Waals surface area contributed by atoms with Crippen molar-refractivity contribution in [3.63, 3.8) is 0 Å². The van der Waals surface area contributed by atoms with Crippen molar-refractivity contribution in [2.45, 2.75) is 33.3 Å². The second-order valence-corrected chi connectivity index (χ2v) is 4.57. The first-order valence-corrected chi connectivity index (χ1v) is 4.83. The van der Waals surface area contributed by atoms with Gasteiger partial charge in [-0.15, -0.1) is 6.58 Å². The van der Waals surface area contributed by atoms with Crippen LogP contribution in [-0.2, 0) is 4.74 Å². The highest BCUT2D eigenvalue weighted by Gasteiger charge is 2.19. The molecule has 0 aromatic heterocycles. The molecule has 0 rings (SSSR count). The average molecular weight is 199 g/mol. The van der Waals surface area contributed by atoms with E-state index in [9.17, 15) is 4.79 Å². The largest absolute Gasteiger partial charge is 0.444 e. The third kappa shape index (κ3) is 5.62. The topological polar surface area (TPSA) is 29.5 Å². The van der Waals surface area contributed by atoms with E-state index < -0.39 is 5.60 Å². The van der Waals surface area contributed by atoms with Crippen molar-refractivity contribution < 1.29 is 9.53 Å². The molecule has 3 heteroatoms. The number of hydrogen-bond donors (Lipinski definition) is 0. The molecule has 0 spiro atoms. The van der Waals surface area contributed by atoms with E-state index in [0.29, 0.717) is 6.54 Å². The monoisotopic (exact) mass is 199 g/mol. The van der Waals surface area contributed by atoms with Crippen LogP contribution in [0.5, 0.6) is 0 Å². The van der Waals surface area contributed by atoms with E-state index in [0.717, 1.165) is 0 Å². The lowest BCUT2D eigenvalue weighted by Gasteiger charge is -2.25. The summed E-state index contributed by atoms with van der Waals surface area (Å²) in [6.45, 7) is 11.9. The van der Waals surface area contributed by atoms with Crippen LogP contribution in [0.2, 0.25) is 0 Å². The summed E-state index contributed by atoms with van der Waals surface area (Å²) in [4.78, 5) is 13.0. The Morgan fingerprint density at radius 3 is 2.43 bits per heavy atom. The zero-order chi connectivity index (χ0) is 11.4. The maximum Gasteiger partial charge on any atom is 0.410 e. The van der Waals surface area contributed by atoms with Gasteiger partial charge in [-0.05, 0) is 26.7 Å². The van der Waals surface area contributed by atoms with Gasteiger partial charge in [-0.1, -0.05) is 13.0 Å². The molecule has 0 N–H and O–H groups in total. The number of amides is 1. The number of ether oxygens (including phenoxy) is 1. The Morgan fingerprint density at radius 2 is 2.07 bits per heavy atom. The molecule has 0 saturated carbocycles. The lowest BCUT2D eigenvalue weighted by atomic mass is 10.2. The predicted octanol–water partition coefficient (Wildman–Crippen LogP) is 2.68. The second kappa shape index (κ2) is 5.03. The second-order valence-electron chi connectivity index (χ2n) is 4.57. The maximum absolute atomic E-state index is 11.5. The molecule has 0 bridgehead atoms. The van der Waals surface area contributed by atoms with E-state index in [4.69, 9.17) is 4.74 Å². The zero-order valence-corrected chi connectivity index (χ0v) is 9.83. The number of carbonyl (C=O) groups excluding carboxylic acids is 1. The van der Waals surface area contributed by atoms with Crippen LogP contribution in [0.3, 0.4) is 0 Å². The zero-order valence-electron chi connectivity index (χ0n) is 9.83. The fourth-order valence-electron chi connectivity index (χ4n) is 0.921. The summed E-state index contributed by atoms with van der Waals surface area (Å²) in [6.07, 6.45) is 1.53. The molecule has 0 aromatic carbocycles. The highest BCUT2D eigenvalue weighted by Crippen LogP contribution is 2.10. The lowest BCUT2D eigenvalue weighted by Crippen LogP contribution is -2.36. The van der Waals surface area contributed by atoms with E-state index in [-0.39, 0.29) is 12.0 Å². The Bertz CT molecular complexity index is 206. The molecule has 0 radical (unpaired) electrons. The fourth-order valence-corrected chi connectivity index (χ4v) is 0.921. The van der Waals surface area contributed by atoms with E-state index in [1.807, 2.05) is 33.8 Å². The molecule has 0 saturated heterocycles. The summed E-state index contributed by atoms with van der Waals surface area (Å²) in [5, 5.41) is 0. The smallest absolute Gasteiger partial charge is 0.410 e. The first-order valence-electron chi connectivity index (χ1n) is 4.83. The predicted molar refractivity (Wildman–Crippen MR) is 58.2 cm³/mol. The van der Waals surface area contributed by atoms with E-state index in [2.05, 4.69) is 6.58 Å². The summed E-state index contributed by atoms with van der Waals surface area (Å²) < 4.78 is 5.20. The van der Waals surface area contributed by atoms with Gasteiger partial charge >= 0.3 is 6.09 Å². The van der Waals surface area contributed by atoms with Gasteiger partial charge in [-0.25, -0.2) is 4.79 Å². The Labute approximate surface area is 86.7 Å². The molecule has 0 aliphatic carbocycles. The summed E-state index contributed by atoms with van der Waals surface area (Å²) in [7, 11) is 1.73. The molecule has 14 heavy (non-hydrogen) atoms. The minimum absolute atomic E-state index is 0.285. The van der Waals surface area contributed by atoms with Crippen LogP contribution in [0, 0.1) is 5.92 Å². The third-order valence-corrected chi connectivity index (χ3v) is 1.67. The molecule has 0 aliphatic heterocycles. The minimum atomic E-state index is -0.428. The molecule has 0 fully saturated rings. The van der Waals surface area contributed by atoms with Crippen LogP contribution in [-0.4, -0.2) is 30.2 Å². The number of nitrogens with zero attached hydrogens (tertiary/aromatic N) is 1. The highest BCUT2D eigenvalue weighted by molar-refractivity contribution is 5.67. The lowest BCUT2D eigenvalue weighted by molar-refractivity contribution is 0.0286. The standard InChI is InChI=1S/C11H21NO2/c1-7-9(2)8-12(6)10(13)14-11(3,4)5/h7,9H,1,8H2,2-6H3. The van der Waals surface area contributed by atoms with Crippen LogP contribution in [0.25, 0.3) is 0 Å². The Morgan fingerprint density at radius 1 is 1.57 bits per heavy atom. The third-order valence-electron chi connectivity index (χ3n) is 1.67. The average Bonchev–Trinajstić information content (AvgIpc) is 2.00. The molecule has 82 valence electrons. The van der Waals surface area contributed by atoms with Crippen LogP contribution in [0.15, 0.2) is 12.7 Å². The number of hydrogen-bond acceptors (Lipinski definition) is 2. The van der Waals surface area contributed by atoms with Gasteiger partial charge in [-0.2, -0.15) is 0 Å². The molecular formula is C11H21NO2. The van der Waals surface area contributed by atoms with Crippen molar-refractivity contribution in [3.8, 4) is 0 Å². The first-order chi connectivity index (χ1) is 6.26. The molecular weight excluding hydrogens is 178 g/mol. The van der Waals surface area contributed by atoms with Crippen molar-refractivity contribution in [3.05, 3.63) is 12.7 Å². The minimum Gasteiger partial charge on any atom is -0.444 e. The van der Waals surface area contributed by atoms with Gasteiger partial charge in [0.25, 0.3) is 0 Å². The SMILES string of the molecule is C=CC(C)CN(C)C(=O)OC(C)(C)C. The van der Waals surface area contributed by atoms with Crippen molar-refractivity contribution in [2.75, 3.05) is 13.6 Å². The Balaban J connectivity index is 4.06. The van der Waals surface area contributed by atoms with E-state index >= 15 is 0 Å². The first kappa shape index (κ1) is 13.0.